The van der Waals surface area contributed by atoms with Crippen molar-refractivity contribution < 1.29 is 9.53 Å². The first-order valence-corrected chi connectivity index (χ1v) is 7.37. The standard InChI is InChI=1S/C14H11BrCl2N2O2/c1-21-11-5-2-7(18)6-8(11)14(20)19-10-4-3-9(15)12(16)13(10)17/h2-6H,18H2,1H3,(H,19,20). The number of nitrogen functional groups attached to an aromatic ring is 1. The molecule has 2 aromatic rings. The number of rotatable bonds is 3. The lowest BCUT2D eigenvalue weighted by molar-refractivity contribution is 0.102. The molecule has 0 unspecified atom stereocenters. The highest BCUT2D eigenvalue weighted by Crippen LogP contribution is 2.36. The van der Waals surface area contributed by atoms with Crippen molar-refractivity contribution in [3.63, 3.8) is 0 Å². The van der Waals surface area contributed by atoms with Gasteiger partial charge in [0.1, 0.15) is 5.75 Å². The van der Waals surface area contributed by atoms with Gasteiger partial charge in [-0.25, -0.2) is 0 Å². The second-order valence-electron chi connectivity index (χ2n) is 4.14. The predicted octanol–water partition coefficient (Wildman–Crippen LogP) is 4.60. The van der Waals surface area contributed by atoms with Crippen LogP contribution in [0.5, 0.6) is 5.75 Å². The fourth-order valence-electron chi connectivity index (χ4n) is 1.72. The second kappa shape index (κ2) is 6.56. The van der Waals surface area contributed by atoms with Gasteiger partial charge in [0.25, 0.3) is 5.91 Å². The SMILES string of the molecule is COc1ccc(N)cc1C(=O)Nc1ccc(Br)c(Cl)c1Cl. The average Bonchev–Trinajstić information content (AvgIpc) is 2.47. The summed E-state index contributed by atoms with van der Waals surface area (Å²) in [4.78, 5) is 12.3. The summed E-state index contributed by atoms with van der Waals surface area (Å²) in [6, 6.07) is 8.15. The van der Waals surface area contributed by atoms with Crippen molar-refractivity contribution in [2.24, 2.45) is 0 Å². The molecule has 0 atom stereocenters. The topological polar surface area (TPSA) is 64.3 Å². The summed E-state index contributed by atoms with van der Waals surface area (Å²) < 4.78 is 5.80. The van der Waals surface area contributed by atoms with E-state index in [1.807, 2.05) is 0 Å². The molecule has 1 amide bonds. The number of hydrogen-bond donors (Lipinski definition) is 2. The minimum Gasteiger partial charge on any atom is -0.496 e. The summed E-state index contributed by atoms with van der Waals surface area (Å²) in [5, 5.41) is 3.26. The van der Waals surface area contributed by atoms with Crippen molar-refractivity contribution in [2.75, 3.05) is 18.2 Å². The predicted molar refractivity (Wildman–Crippen MR) is 89.5 cm³/mol. The molecule has 0 spiro atoms. The molecule has 0 radical (unpaired) electrons. The molecular formula is C14H11BrCl2N2O2. The molecule has 0 aliphatic heterocycles. The molecule has 0 saturated heterocycles. The van der Waals surface area contributed by atoms with Gasteiger partial charge in [-0.05, 0) is 46.3 Å². The number of methoxy groups -OCH3 is 1. The number of ether oxygens (including phenoxy) is 1. The van der Waals surface area contributed by atoms with Gasteiger partial charge in [-0.3, -0.25) is 4.79 Å². The molecular weight excluding hydrogens is 379 g/mol. The number of halogens is 3. The van der Waals surface area contributed by atoms with Crippen molar-refractivity contribution >= 4 is 56.4 Å². The van der Waals surface area contributed by atoms with E-state index in [0.717, 1.165) is 0 Å². The van der Waals surface area contributed by atoms with Gasteiger partial charge in [0.2, 0.25) is 0 Å². The molecule has 0 aliphatic carbocycles. The Morgan fingerprint density at radius 2 is 1.95 bits per heavy atom. The minimum absolute atomic E-state index is 0.252. The molecule has 0 aromatic heterocycles. The number of benzene rings is 2. The third-order valence-electron chi connectivity index (χ3n) is 2.75. The molecule has 0 bridgehead atoms. The summed E-state index contributed by atoms with van der Waals surface area (Å²) in [6.45, 7) is 0. The van der Waals surface area contributed by atoms with E-state index in [1.165, 1.54) is 13.2 Å². The molecule has 0 fully saturated rings. The monoisotopic (exact) mass is 388 g/mol. The number of carbonyl (C=O) groups is 1. The Labute approximate surface area is 140 Å². The first kappa shape index (κ1) is 15.9. The Hall–Kier alpha value is -1.43. The van der Waals surface area contributed by atoms with Crippen LogP contribution in [0.1, 0.15) is 10.4 Å². The molecule has 7 heteroatoms. The quantitative estimate of drug-likeness (QED) is 0.595. The third kappa shape index (κ3) is 3.43. The molecule has 2 rings (SSSR count). The largest absolute Gasteiger partial charge is 0.496 e. The Balaban J connectivity index is 2.35. The lowest BCUT2D eigenvalue weighted by Crippen LogP contribution is -2.14. The lowest BCUT2D eigenvalue weighted by atomic mass is 10.1. The van der Waals surface area contributed by atoms with Crippen LogP contribution in [0.4, 0.5) is 11.4 Å². The van der Waals surface area contributed by atoms with Crippen LogP contribution in [0.25, 0.3) is 0 Å². The minimum atomic E-state index is -0.389. The van der Waals surface area contributed by atoms with E-state index in [0.29, 0.717) is 32.2 Å². The van der Waals surface area contributed by atoms with Crippen LogP contribution in [-0.2, 0) is 0 Å². The number of amides is 1. The van der Waals surface area contributed by atoms with Crippen molar-refractivity contribution in [3.05, 3.63) is 50.4 Å². The van der Waals surface area contributed by atoms with E-state index in [9.17, 15) is 4.79 Å². The van der Waals surface area contributed by atoms with Crippen LogP contribution in [0.15, 0.2) is 34.8 Å². The van der Waals surface area contributed by atoms with E-state index in [-0.39, 0.29) is 10.9 Å². The maximum atomic E-state index is 12.3. The molecule has 0 saturated carbocycles. The van der Waals surface area contributed by atoms with Crippen molar-refractivity contribution in [3.8, 4) is 5.75 Å². The summed E-state index contributed by atoms with van der Waals surface area (Å²) in [5.41, 5.74) is 6.87. The van der Waals surface area contributed by atoms with E-state index < -0.39 is 0 Å². The summed E-state index contributed by atoms with van der Waals surface area (Å²) >= 11 is 15.4. The molecule has 21 heavy (non-hydrogen) atoms. The Morgan fingerprint density at radius 3 is 2.62 bits per heavy atom. The van der Waals surface area contributed by atoms with E-state index in [2.05, 4.69) is 21.2 Å². The van der Waals surface area contributed by atoms with Gasteiger partial charge in [-0.15, -0.1) is 0 Å². The molecule has 0 aliphatic rings. The first-order valence-electron chi connectivity index (χ1n) is 5.82. The van der Waals surface area contributed by atoms with Gasteiger partial charge in [-0.1, -0.05) is 23.2 Å². The van der Waals surface area contributed by atoms with Crippen molar-refractivity contribution in [1.82, 2.24) is 0 Å². The summed E-state index contributed by atoms with van der Waals surface area (Å²) in [6.07, 6.45) is 0. The van der Waals surface area contributed by atoms with Crippen molar-refractivity contribution in [2.45, 2.75) is 0 Å². The van der Waals surface area contributed by atoms with Crippen LogP contribution in [0.2, 0.25) is 10.0 Å². The van der Waals surface area contributed by atoms with Gasteiger partial charge in [0.15, 0.2) is 0 Å². The highest BCUT2D eigenvalue weighted by atomic mass is 79.9. The third-order valence-corrected chi connectivity index (χ3v) is 4.52. The smallest absolute Gasteiger partial charge is 0.259 e. The maximum Gasteiger partial charge on any atom is 0.259 e. The second-order valence-corrected chi connectivity index (χ2v) is 5.75. The normalized spacial score (nSPS) is 10.3. The highest BCUT2D eigenvalue weighted by Gasteiger charge is 2.16. The molecule has 110 valence electrons. The highest BCUT2D eigenvalue weighted by molar-refractivity contribution is 9.10. The number of hydrogen-bond acceptors (Lipinski definition) is 3. The molecule has 0 heterocycles. The Bertz CT molecular complexity index is 708. The Kier molecular flexibility index (Phi) is 4.98. The van der Waals surface area contributed by atoms with Gasteiger partial charge >= 0.3 is 0 Å². The number of nitrogens with two attached hydrogens (primary N) is 1. The van der Waals surface area contributed by atoms with Gasteiger partial charge in [-0.2, -0.15) is 0 Å². The van der Waals surface area contributed by atoms with Crippen molar-refractivity contribution in [1.29, 1.82) is 0 Å². The maximum absolute atomic E-state index is 12.3. The van der Waals surface area contributed by atoms with Crippen LogP contribution in [-0.4, -0.2) is 13.0 Å². The summed E-state index contributed by atoms with van der Waals surface area (Å²) in [5.74, 6) is 0.0282. The van der Waals surface area contributed by atoms with Crippen LogP contribution in [0, 0.1) is 0 Å². The first-order chi connectivity index (χ1) is 9.93. The van der Waals surface area contributed by atoms with Gasteiger partial charge in [0.05, 0.1) is 28.4 Å². The van der Waals surface area contributed by atoms with E-state index in [4.69, 9.17) is 33.7 Å². The van der Waals surface area contributed by atoms with Crippen LogP contribution >= 0.6 is 39.1 Å². The zero-order valence-electron chi connectivity index (χ0n) is 10.9. The number of anilines is 2. The fourth-order valence-corrected chi connectivity index (χ4v) is 2.54. The average molecular weight is 390 g/mol. The zero-order valence-corrected chi connectivity index (χ0v) is 14.0. The number of nitrogens with one attached hydrogen (secondary N) is 1. The van der Waals surface area contributed by atoms with Crippen LogP contribution in [0.3, 0.4) is 0 Å². The molecule has 2 aromatic carbocycles. The van der Waals surface area contributed by atoms with E-state index in [1.54, 1.807) is 24.3 Å². The van der Waals surface area contributed by atoms with Crippen LogP contribution < -0.4 is 15.8 Å². The molecule has 4 nitrogen and oxygen atoms in total. The fraction of sp³-hybridized carbons (Fsp3) is 0.0714. The summed E-state index contributed by atoms with van der Waals surface area (Å²) in [7, 11) is 1.48. The molecule has 3 N–H and O–H groups in total. The van der Waals surface area contributed by atoms with Gasteiger partial charge < -0.3 is 15.8 Å². The Morgan fingerprint density at radius 1 is 1.24 bits per heavy atom. The van der Waals surface area contributed by atoms with E-state index >= 15 is 0 Å². The van der Waals surface area contributed by atoms with Gasteiger partial charge in [0, 0.05) is 10.2 Å². The zero-order chi connectivity index (χ0) is 15.6. The lowest BCUT2D eigenvalue weighted by Gasteiger charge is -2.12. The number of carbonyl (C=O) groups excluding carboxylic acids is 1.